The molecule has 0 aliphatic carbocycles. The fourth-order valence-corrected chi connectivity index (χ4v) is 2.42. The largest absolute Gasteiger partial charge is 0.301 e. The maximum Gasteiger partial charge on any atom is 0.123 e. The van der Waals surface area contributed by atoms with Crippen LogP contribution in [0.2, 0.25) is 0 Å². The molecule has 2 aromatic heterocycles. The molecule has 1 N–H and O–H groups in total. The summed E-state index contributed by atoms with van der Waals surface area (Å²) in [5, 5.41) is 12.1. The lowest BCUT2D eigenvalue weighted by Gasteiger charge is -2.17. The van der Waals surface area contributed by atoms with Gasteiger partial charge in [0.05, 0.1) is 17.9 Å². The minimum Gasteiger partial charge on any atom is -0.301 e. The smallest absolute Gasteiger partial charge is 0.123 e. The third-order valence-corrected chi connectivity index (χ3v) is 3.59. The Labute approximate surface area is 134 Å². The molecule has 0 aliphatic rings. The third-order valence-electron chi connectivity index (χ3n) is 3.59. The van der Waals surface area contributed by atoms with Crippen molar-refractivity contribution in [2.75, 3.05) is 0 Å². The highest BCUT2D eigenvalue weighted by atomic mass is 19.1. The van der Waals surface area contributed by atoms with E-state index < -0.39 is 0 Å². The Hall–Kier alpha value is -2.73. The van der Waals surface area contributed by atoms with Crippen LogP contribution in [0.25, 0.3) is 6.20 Å². The van der Waals surface area contributed by atoms with Gasteiger partial charge >= 0.3 is 0 Å². The molecule has 0 aliphatic heterocycles. The quantitative estimate of drug-likeness (QED) is 0.761. The van der Waals surface area contributed by atoms with Crippen molar-refractivity contribution >= 4 is 6.20 Å². The summed E-state index contributed by atoms with van der Waals surface area (Å²) in [7, 11) is 1.87. The van der Waals surface area contributed by atoms with Gasteiger partial charge in [0.25, 0.3) is 0 Å². The Morgan fingerprint density at radius 2 is 2.09 bits per heavy atom. The highest BCUT2D eigenvalue weighted by Crippen LogP contribution is 2.21. The van der Waals surface area contributed by atoms with Crippen LogP contribution < -0.4 is 5.32 Å². The van der Waals surface area contributed by atoms with E-state index in [-0.39, 0.29) is 11.9 Å². The van der Waals surface area contributed by atoms with Crippen molar-refractivity contribution in [3.8, 4) is 0 Å². The zero-order valence-corrected chi connectivity index (χ0v) is 12.9. The van der Waals surface area contributed by atoms with E-state index in [0.29, 0.717) is 6.54 Å². The van der Waals surface area contributed by atoms with E-state index in [1.165, 1.54) is 12.1 Å². The van der Waals surface area contributed by atoms with Crippen molar-refractivity contribution in [2.24, 2.45) is 7.05 Å². The normalized spacial score (nSPS) is 12.3. The first-order valence-corrected chi connectivity index (χ1v) is 7.29. The van der Waals surface area contributed by atoms with Gasteiger partial charge in [0, 0.05) is 37.7 Å². The molecule has 6 heteroatoms. The molecular formula is C17H18FN5. The Balaban J connectivity index is 1.82. The van der Waals surface area contributed by atoms with Crippen LogP contribution in [0.4, 0.5) is 4.39 Å². The number of aromatic nitrogens is 4. The van der Waals surface area contributed by atoms with Gasteiger partial charge < -0.3 is 5.32 Å². The lowest BCUT2D eigenvalue weighted by Crippen LogP contribution is -2.22. The Bertz CT molecular complexity index is 787. The summed E-state index contributed by atoms with van der Waals surface area (Å²) in [4.78, 5) is 0. The second-order valence-electron chi connectivity index (χ2n) is 5.29. The van der Waals surface area contributed by atoms with E-state index in [1.807, 2.05) is 25.5 Å². The number of halogens is 1. The molecule has 23 heavy (non-hydrogen) atoms. The summed E-state index contributed by atoms with van der Waals surface area (Å²) in [6.07, 6.45) is 7.22. The summed E-state index contributed by atoms with van der Waals surface area (Å²) in [5.41, 5.74) is 2.88. The molecule has 0 bridgehead atoms. The van der Waals surface area contributed by atoms with Crippen LogP contribution in [0, 0.1) is 5.82 Å². The molecular weight excluding hydrogens is 293 g/mol. The average molecular weight is 311 g/mol. The zero-order chi connectivity index (χ0) is 16.2. The molecule has 118 valence electrons. The van der Waals surface area contributed by atoms with Crippen LogP contribution in [-0.2, 0) is 13.6 Å². The van der Waals surface area contributed by atoms with Gasteiger partial charge in [-0.05, 0) is 23.8 Å². The summed E-state index contributed by atoms with van der Waals surface area (Å²) in [6, 6.07) is 8.30. The van der Waals surface area contributed by atoms with Crippen molar-refractivity contribution in [3.63, 3.8) is 0 Å². The van der Waals surface area contributed by atoms with E-state index in [4.69, 9.17) is 0 Å². The van der Waals surface area contributed by atoms with Crippen molar-refractivity contribution in [3.05, 3.63) is 78.1 Å². The SMILES string of the molecule is C=Cn1cc(CNC(c2ccc(F)cc2)c2ccn(C)n2)cn1. The monoisotopic (exact) mass is 311 g/mol. The average Bonchev–Trinajstić information content (AvgIpc) is 3.18. The molecule has 0 saturated carbocycles. The van der Waals surface area contributed by atoms with Gasteiger partial charge in [0.2, 0.25) is 0 Å². The lowest BCUT2D eigenvalue weighted by atomic mass is 10.0. The first kappa shape index (κ1) is 15.2. The number of nitrogens with one attached hydrogen (secondary N) is 1. The number of hydrogen-bond donors (Lipinski definition) is 1. The van der Waals surface area contributed by atoms with Crippen LogP contribution >= 0.6 is 0 Å². The van der Waals surface area contributed by atoms with Crippen LogP contribution in [0.3, 0.4) is 0 Å². The van der Waals surface area contributed by atoms with Crippen LogP contribution in [-0.4, -0.2) is 19.6 Å². The predicted molar refractivity (Wildman–Crippen MR) is 86.9 cm³/mol. The fourth-order valence-electron chi connectivity index (χ4n) is 2.42. The molecule has 2 heterocycles. The van der Waals surface area contributed by atoms with Gasteiger partial charge in [-0.3, -0.25) is 4.68 Å². The highest BCUT2D eigenvalue weighted by Gasteiger charge is 2.16. The summed E-state index contributed by atoms with van der Waals surface area (Å²) in [5.74, 6) is -0.249. The van der Waals surface area contributed by atoms with E-state index in [0.717, 1.165) is 16.8 Å². The third kappa shape index (κ3) is 3.54. The Morgan fingerprint density at radius 1 is 1.30 bits per heavy atom. The lowest BCUT2D eigenvalue weighted by molar-refractivity contribution is 0.576. The number of aryl methyl sites for hydroxylation is 1. The standard InChI is InChI=1S/C17H18FN5/c1-3-23-12-13(11-20-23)10-19-17(16-8-9-22(2)21-16)14-4-6-15(18)7-5-14/h3-9,11-12,17,19H,1,10H2,2H3. The summed E-state index contributed by atoms with van der Waals surface area (Å²) < 4.78 is 16.6. The van der Waals surface area contributed by atoms with E-state index in [1.54, 1.807) is 33.9 Å². The Morgan fingerprint density at radius 3 is 2.70 bits per heavy atom. The van der Waals surface area contributed by atoms with Crippen molar-refractivity contribution < 1.29 is 4.39 Å². The summed E-state index contributed by atoms with van der Waals surface area (Å²) >= 11 is 0. The molecule has 0 radical (unpaired) electrons. The van der Waals surface area contributed by atoms with Gasteiger partial charge in [-0.25, -0.2) is 9.07 Å². The van der Waals surface area contributed by atoms with Crippen molar-refractivity contribution in [1.82, 2.24) is 24.9 Å². The molecule has 0 fully saturated rings. The van der Waals surface area contributed by atoms with Gasteiger partial charge in [0.15, 0.2) is 0 Å². The van der Waals surface area contributed by atoms with E-state index in [9.17, 15) is 4.39 Å². The Kier molecular flexibility index (Phi) is 4.34. The van der Waals surface area contributed by atoms with Gasteiger partial charge in [0.1, 0.15) is 5.82 Å². The topological polar surface area (TPSA) is 47.7 Å². The maximum absolute atomic E-state index is 13.2. The number of benzene rings is 1. The first-order chi connectivity index (χ1) is 11.2. The van der Waals surface area contributed by atoms with Crippen LogP contribution in [0.5, 0.6) is 0 Å². The van der Waals surface area contributed by atoms with Crippen molar-refractivity contribution in [2.45, 2.75) is 12.6 Å². The predicted octanol–water partition coefficient (Wildman–Crippen LogP) is 2.74. The fraction of sp³-hybridized carbons (Fsp3) is 0.176. The highest BCUT2D eigenvalue weighted by molar-refractivity contribution is 5.28. The second kappa shape index (κ2) is 6.58. The van der Waals surface area contributed by atoms with E-state index >= 15 is 0 Å². The molecule has 5 nitrogen and oxygen atoms in total. The number of hydrogen-bond acceptors (Lipinski definition) is 3. The zero-order valence-electron chi connectivity index (χ0n) is 12.9. The molecule has 0 amide bonds. The molecule has 1 aromatic carbocycles. The van der Waals surface area contributed by atoms with E-state index in [2.05, 4.69) is 22.1 Å². The summed E-state index contributed by atoms with van der Waals surface area (Å²) in [6.45, 7) is 4.29. The van der Waals surface area contributed by atoms with Crippen LogP contribution in [0.1, 0.15) is 22.9 Å². The van der Waals surface area contributed by atoms with Crippen molar-refractivity contribution in [1.29, 1.82) is 0 Å². The van der Waals surface area contributed by atoms with Crippen LogP contribution in [0.15, 0.2) is 55.5 Å². The molecule has 1 unspecified atom stereocenters. The van der Waals surface area contributed by atoms with Gasteiger partial charge in [-0.1, -0.05) is 18.7 Å². The maximum atomic E-state index is 13.2. The number of nitrogens with zero attached hydrogens (tertiary/aromatic N) is 4. The molecule has 3 rings (SSSR count). The van der Waals surface area contributed by atoms with Gasteiger partial charge in [-0.2, -0.15) is 10.2 Å². The van der Waals surface area contributed by atoms with Gasteiger partial charge in [-0.15, -0.1) is 0 Å². The molecule has 3 aromatic rings. The molecule has 0 saturated heterocycles. The minimum atomic E-state index is -0.249. The first-order valence-electron chi connectivity index (χ1n) is 7.29. The number of rotatable bonds is 6. The molecule has 1 atom stereocenters. The molecule has 0 spiro atoms. The second-order valence-corrected chi connectivity index (χ2v) is 5.29. The minimum absolute atomic E-state index is 0.121.